The van der Waals surface area contributed by atoms with E-state index in [2.05, 4.69) is 0 Å². The van der Waals surface area contributed by atoms with Crippen molar-refractivity contribution in [1.82, 2.24) is 0 Å². The molecule has 1 aromatic rings. The second kappa shape index (κ2) is 6.05. The first kappa shape index (κ1) is 14.0. The quantitative estimate of drug-likeness (QED) is 0.451. The van der Waals surface area contributed by atoms with Gasteiger partial charge in [0.1, 0.15) is 18.1 Å². The molecular weight excluding hydrogens is 234 g/mol. The predicted octanol–water partition coefficient (Wildman–Crippen LogP) is 1.26. The number of rotatable bonds is 6. The molecule has 1 aromatic carbocycles. The lowest BCUT2D eigenvalue weighted by atomic mass is 10.0. The fourth-order valence-electron chi connectivity index (χ4n) is 1.67. The smallest absolute Gasteiger partial charge is 0.163 e. The van der Waals surface area contributed by atoms with E-state index in [9.17, 15) is 15.0 Å². The van der Waals surface area contributed by atoms with Crippen molar-refractivity contribution in [3.05, 3.63) is 23.3 Å². The highest BCUT2D eigenvalue weighted by atomic mass is 16.5. The Bertz CT molecular complexity index is 468. The van der Waals surface area contributed by atoms with Crippen molar-refractivity contribution < 1.29 is 19.7 Å². The number of carbonyl (C=O) groups is 1. The maximum atomic E-state index is 11.3. The van der Waals surface area contributed by atoms with Gasteiger partial charge in [-0.2, -0.15) is 0 Å². The van der Waals surface area contributed by atoms with E-state index in [-0.39, 0.29) is 23.7 Å². The molecule has 5 heteroatoms. The number of nitrogens with one attached hydrogen (secondary N) is 1. The zero-order valence-electron chi connectivity index (χ0n) is 10.4. The second-order valence-electron chi connectivity index (χ2n) is 3.96. The normalized spacial score (nSPS) is 10.1. The van der Waals surface area contributed by atoms with E-state index in [1.807, 2.05) is 6.92 Å². The van der Waals surface area contributed by atoms with E-state index in [0.717, 1.165) is 6.42 Å². The molecule has 2 N–H and O–H groups in total. The summed E-state index contributed by atoms with van der Waals surface area (Å²) in [6.07, 6.45) is 1.30. The van der Waals surface area contributed by atoms with Crippen molar-refractivity contribution in [1.29, 1.82) is 5.41 Å². The first-order chi connectivity index (χ1) is 8.47. The molecule has 0 unspecified atom stereocenters. The number of benzene rings is 1. The van der Waals surface area contributed by atoms with Crippen LogP contribution in [-0.4, -0.2) is 23.4 Å². The topological polar surface area (TPSA) is 93.4 Å². The van der Waals surface area contributed by atoms with Crippen LogP contribution in [0.15, 0.2) is 12.1 Å². The number of ketones is 1. The van der Waals surface area contributed by atoms with Gasteiger partial charge in [0.15, 0.2) is 5.78 Å². The summed E-state index contributed by atoms with van der Waals surface area (Å²) in [5, 5.41) is 27.4. The van der Waals surface area contributed by atoms with E-state index in [1.54, 1.807) is 6.07 Å². The summed E-state index contributed by atoms with van der Waals surface area (Å²) < 4.78 is 5.16. The molecule has 18 heavy (non-hydrogen) atoms. The Labute approximate surface area is 106 Å². The molecule has 0 spiro atoms. The van der Waals surface area contributed by atoms with Gasteiger partial charge >= 0.3 is 0 Å². The summed E-state index contributed by atoms with van der Waals surface area (Å²) in [6.45, 7) is 2.94. The van der Waals surface area contributed by atoms with Crippen LogP contribution in [0.5, 0.6) is 11.5 Å². The number of carbonyl (C=O) groups excluding carboxylic acids is 1. The monoisotopic (exact) mass is 250 g/mol. The van der Waals surface area contributed by atoms with Gasteiger partial charge in [-0.15, -0.1) is 0 Å². The average Bonchev–Trinajstić information content (AvgIpc) is 2.29. The molecule has 5 nitrogen and oxygen atoms in total. The van der Waals surface area contributed by atoms with Gasteiger partial charge in [-0.1, -0.05) is 13.3 Å². The summed E-state index contributed by atoms with van der Waals surface area (Å²) >= 11 is 0. The zero-order valence-corrected chi connectivity index (χ0v) is 10.4. The van der Waals surface area contributed by atoms with Crippen molar-refractivity contribution in [2.24, 2.45) is 0 Å². The van der Waals surface area contributed by atoms with E-state index in [0.29, 0.717) is 17.7 Å². The zero-order chi connectivity index (χ0) is 13.7. The number of Topliss-reactive ketones (excluding diaryl/α,β-unsaturated/α-hetero) is 1. The van der Waals surface area contributed by atoms with Crippen molar-refractivity contribution in [3.8, 4) is 11.5 Å². The van der Waals surface area contributed by atoms with Crippen molar-refractivity contribution in [2.45, 2.75) is 26.7 Å². The minimum atomic E-state index is -0.840. The fraction of sp³-hybridized carbons (Fsp3) is 0.385. The number of hydrogen-bond acceptors (Lipinski definition) is 5. The van der Waals surface area contributed by atoms with Crippen molar-refractivity contribution in [3.63, 3.8) is 0 Å². The van der Waals surface area contributed by atoms with Crippen LogP contribution in [0.2, 0.25) is 0 Å². The van der Waals surface area contributed by atoms with Crippen LogP contribution in [0, 0.1) is 5.41 Å². The van der Waals surface area contributed by atoms with E-state index in [4.69, 9.17) is 10.1 Å². The lowest BCUT2D eigenvalue weighted by molar-refractivity contribution is -0.222. The Kier molecular flexibility index (Phi) is 4.71. The minimum Gasteiger partial charge on any atom is -0.860 e. The van der Waals surface area contributed by atoms with Gasteiger partial charge in [-0.25, -0.2) is 0 Å². The Morgan fingerprint density at radius 1 is 1.50 bits per heavy atom. The molecule has 0 fully saturated rings. The van der Waals surface area contributed by atoms with Crippen LogP contribution in [-0.2, 0) is 6.42 Å². The molecule has 0 aromatic heterocycles. The largest absolute Gasteiger partial charge is 0.860 e. The van der Waals surface area contributed by atoms with E-state index >= 15 is 0 Å². The molecule has 0 saturated heterocycles. The van der Waals surface area contributed by atoms with Gasteiger partial charge in [0.25, 0.3) is 0 Å². The summed E-state index contributed by atoms with van der Waals surface area (Å²) in [5.74, 6) is -0.820. The van der Waals surface area contributed by atoms with Crippen molar-refractivity contribution in [2.75, 3.05) is 6.61 Å². The van der Waals surface area contributed by atoms with Crippen LogP contribution in [0.25, 0.3) is 0 Å². The fourth-order valence-corrected chi connectivity index (χ4v) is 1.67. The molecule has 0 aliphatic rings. The molecule has 0 amide bonds. The van der Waals surface area contributed by atoms with E-state index in [1.165, 1.54) is 13.0 Å². The van der Waals surface area contributed by atoms with Gasteiger partial charge in [0, 0.05) is 5.56 Å². The maximum Gasteiger partial charge on any atom is 0.163 e. The Morgan fingerprint density at radius 2 is 2.17 bits per heavy atom. The molecular formula is C13H16NO4-. The standard InChI is InChI=1S/C13H17NO4/c1-3-4-10-11(18-7-12(14)16)6-5-9(8(2)15)13(10)17/h5-6,17H,3-4,7H2,1-2H3,(H2,14,16)/p-1. The molecule has 0 heterocycles. The molecule has 0 radical (unpaired) electrons. The van der Waals surface area contributed by atoms with Crippen LogP contribution in [0.3, 0.4) is 0 Å². The van der Waals surface area contributed by atoms with Crippen LogP contribution < -0.4 is 9.84 Å². The third-order valence-electron chi connectivity index (χ3n) is 2.48. The van der Waals surface area contributed by atoms with Gasteiger partial charge in [0.2, 0.25) is 0 Å². The molecule has 0 bridgehead atoms. The first-order valence-electron chi connectivity index (χ1n) is 5.70. The summed E-state index contributed by atoms with van der Waals surface area (Å²) in [4.78, 5) is 11.3. The lowest BCUT2D eigenvalue weighted by Crippen LogP contribution is -2.24. The first-order valence-corrected chi connectivity index (χ1v) is 5.70. The summed E-state index contributed by atoms with van der Waals surface area (Å²) in [6, 6.07) is 3.00. The van der Waals surface area contributed by atoms with Gasteiger partial charge < -0.3 is 20.4 Å². The Balaban J connectivity index is 3.14. The van der Waals surface area contributed by atoms with Gasteiger partial charge in [0.05, 0.1) is 5.56 Å². The van der Waals surface area contributed by atoms with Crippen LogP contribution in [0.1, 0.15) is 36.2 Å². The number of phenols is 1. The molecule has 0 aliphatic carbocycles. The average molecular weight is 250 g/mol. The van der Waals surface area contributed by atoms with Gasteiger partial charge in [-0.3, -0.25) is 4.79 Å². The highest BCUT2D eigenvalue weighted by molar-refractivity contribution is 5.97. The number of aromatic hydroxyl groups is 1. The van der Waals surface area contributed by atoms with Crippen molar-refractivity contribution >= 4 is 11.7 Å². The number of hydrogen-bond donors (Lipinski definition) is 2. The van der Waals surface area contributed by atoms with E-state index < -0.39 is 5.90 Å². The highest BCUT2D eigenvalue weighted by Gasteiger charge is 2.15. The number of ether oxygens (including phenoxy) is 1. The summed E-state index contributed by atoms with van der Waals surface area (Å²) in [5.41, 5.74) is 0.745. The maximum absolute atomic E-state index is 11.3. The Hall–Kier alpha value is -2.04. The second-order valence-corrected chi connectivity index (χ2v) is 3.96. The molecule has 1 rings (SSSR count). The lowest BCUT2D eigenvalue weighted by Gasteiger charge is -2.16. The molecule has 0 saturated carbocycles. The summed E-state index contributed by atoms with van der Waals surface area (Å²) in [7, 11) is 0. The third kappa shape index (κ3) is 3.23. The number of phenolic OH excluding ortho intramolecular Hbond substituents is 1. The molecule has 0 atom stereocenters. The predicted molar refractivity (Wildman–Crippen MR) is 65.3 cm³/mol. The highest BCUT2D eigenvalue weighted by Crippen LogP contribution is 2.32. The van der Waals surface area contributed by atoms with Crippen LogP contribution in [0.4, 0.5) is 0 Å². The Morgan fingerprint density at radius 3 is 2.67 bits per heavy atom. The molecule has 0 aliphatic heterocycles. The minimum absolute atomic E-state index is 0.0979. The van der Waals surface area contributed by atoms with Gasteiger partial charge in [-0.05, 0) is 31.4 Å². The van der Waals surface area contributed by atoms with Crippen LogP contribution >= 0.6 is 0 Å². The SMILES string of the molecule is CCCc1c(OCC(=N)[O-])ccc(C(C)=O)c1O. The molecule has 98 valence electrons. The third-order valence-corrected chi connectivity index (χ3v) is 2.48.